The number of aliphatic hydroxyl groups excluding tert-OH is 1. The van der Waals surface area contributed by atoms with E-state index < -0.39 is 12.0 Å². The average molecular weight is 145 g/mol. The van der Waals surface area contributed by atoms with Gasteiger partial charge in [-0.15, -0.1) is 5.10 Å². The first kappa shape index (κ1) is 6.97. The van der Waals surface area contributed by atoms with Crippen LogP contribution in [0.1, 0.15) is 12.1 Å². The number of H-pyrrole nitrogens is 1. The molecule has 1 atom stereocenters. The molecule has 0 aliphatic rings. The first-order valence-corrected chi connectivity index (χ1v) is 2.65. The van der Waals surface area contributed by atoms with Gasteiger partial charge in [0.15, 0.2) is 6.23 Å². The molecule has 0 aliphatic carbocycles. The Labute approximate surface area is 55.9 Å². The predicted molar refractivity (Wildman–Crippen MR) is 31.1 cm³/mol. The molecule has 1 aromatic heterocycles. The lowest BCUT2D eigenvalue weighted by Crippen LogP contribution is -2.15. The molecule has 0 radical (unpaired) electrons. The average Bonchev–Trinajstić information content (AvgIpc) is 2.34. The van der Waals surface area contributed by atoms with Crippen molar-refractivity contribution in [1.82, 2.24) is 15.5 Å². The van der Waals surface area contributed by atoms with Gasteiger partial charge in [0.2, 0.25) is 0 Å². The molecule has 0 saturated carbocycles. The summed E-state index contributed by atoms with van der Waals surface area (Å²) in [5, 5.41) is 16.7. The van der Waals surface area contributed by atoms with Crippen LogP contribution >= 0.6 is 0 Å². The van der Waals surface area contributed by atoms with Crippen LogP contribution in [0.4, 0.5) is 0 Å². The molecular weight excluding hydrogens is 138 g/mol. The zero-order valence-corrected chi connectivity index (χ0v) is 5.29. The number of hydrogen-bond donors (Lipinski definition) is 3. The molecule has 0 aromatic carbocycles. The summed E-state index contributed by atoms with van der Waals surface area (Å²) in [6.45, 7) is 0. The van der Waals surface area contributed by atoms with E-state index in [0.29, 0.717) is 0 Å². The highest BCUT2D eigenvalue weighted by Crippen LogP contribution is 1.99. The van der Waals surface area contributed by atoms with Crippen LogP contribution in [0.5, 0.6) is 0 Å². The van der Waals surface area contributed by atoms with Gasteiger partial charge in [-0.1, -0.05) is 0 Å². The normalized spacial score (nSPS) is 13.4. The van der Waals surface area contributed by atoms with E-state index in [1.165, 1.54) is 7.05 Å². The molecule has 10 heavy (non-hydrogen) atoms. The standard InChI is InChI=1S/C4H7N3O3/c1-5-2(8)3-6-7-4(9)10-3/h2,5,8H,1H3,(H,7,9). The van der Waals surface area contributed by atoms with Gasteiger partial charge < -0.3 is 9.52 Å². The van der Waals surface area contributed by atoms with E-state index in [1.54, 1.807) is 0 Å². The van der Waals surface area contributed by atoms with Crippen LogP contribution in [0.2, 0.25) is 0 Å². The zero-order chi connectivity index (χ0) is 7.56. The van der Waals surface area contributed by atoms with Crippen LogP contribution in [-0.2, 0) is 0 Å². The molecule has 0 spiro atoms. The molecule has 1 rings (SSSR count). The fraction of sp³-hybridized carbons (Fsp3) is 0.500. The monoisotopic (exact) mass is 145 g/mol. The molecule has 1 aromatic rings. The van der Waals surface area contributed by atoms with Crippen molar-refractivity contribution in [2.75, 3.05) is 7.05 Å². The number of rotatable bonds is 2. The highest BCUT2D eigenvalue weighted by Gasteiger charge is 2.09. The van der Waals surface area contributed by atoms with Crippen molar-refractivity contribution in [2.45, 2.75) is 6.23 Å². The van der Waals surface area contributed by atoms with Crippen molar-refractivity contribution in [3.05, 3.63) is 16.4 Å². The van der Waals surface area contributed by atoms with E-state index >= 15 is 0 Å². The maximum atomic E-state index is 10.3. The Balaban J connectivity index is 2.84. The first-order valence-electron chi connectivity index (χ1n) is 2.65. The minimum absolute atomic E-state index is 0.0625. The minimum Gasteiger partial charge on any atom is -0.388 e. The Morgan fingerprint density at radius 1 is 1.90 bits per heavy atom. The molecule has 6 nitrogen and oxygen atoms in total. The van der Waals surface area contributed by atoms with E-state index in [0.717, 1.165) is 0 Å². The van der Waals surface area contributed by atoms with Crippen LogP contribution in [0.15, 0.2) is 9.21 Å². The van der Waals surface area contributed by atoms with Gasteiger partial charge in [-0.3, -0.25) is 5.32 Å². The molecule has 0 saturated heterocycles. The maximum Gasteiger partial charge on any atom is 0.434 e. The lowest BCUT2D eigenvalue weighted by molar-refractivity contribution is 0.115. The lowest BCUT2D eigenvalue weighted by atomic mass is 10.6. The molecule has 1 heterocycles. The number of aromatic nitrogens is 2. The summed E-state index contributed by atoms with van der Waals surface area (Å²) in [6, 6.07) is 0. The Kier molecular flexibility index (Phi) is 1.83. The third-order valence-corrected chi connectivity index (χ3v) is 0.962. The van der Waals surface area contributed by atoms with Crippen molar-refractivity contribution in [3.8, 4) is 0 Å². The molecule has 1 unspecified atom stereocenters. The molecule has 0 bridgehead atoms. The van der Waals surface area contributed by atoms with Crippen molar-refractivity contribution in [1.29, 1.82) is 0 Å². The summed E-state index contributed by atoms with van der Waals surface area (Å²) in [5.74, 6) is -0.739. The summed E-state index contributed by atoms with van der Waals surface area (Å²) in [6.07, 6.45) is -1.03. The van der Waals surface area contributed by atoms with Crippen molar-refractivity contribution < 1.29 is 9.52 Å². The maximum absolute atomic E-state index is 10.3. The second-order valence-electron chi connectivity index (χ2n) is 1.64. The molecule has 0 amide bonds. The predicted octanol–water partition coefficient (Wildman–Crippen LogP) is -1.43. The quantitative estimate of drug-likeness (QED) is 0.444. The SMILES string of the molecule is CNC(O)c1n[nH]c(=O)o1. The lowest BCUT2D eigenvalue weighted by Gasteiger charge is -2.00. The Morgan fingerprint density at radius 3 is 3.00 bits per heavy atom. The highest BCUT2D eigenvalue weighted by atomic mass is 16.4. The largest absolute Gasteiger partial charge is 0.434 e. The fourth-order valence-corrected chi connectivity index (χ4v) is 0.482. The summed E-state index contributed by atoms with van der Waals surface area (Å²) in [7, 11) is 1.51. The summed E-state index contributed by atoms with van der Waals surface area (Å²) in [4.78, 5) is 10.3. The van der Waals surface area contributed by atoms with Crippen LogP contribution in [0, 0.1) is 0 Å². The number of aliphatic hydroxyl groups is 1. The number of hydrogen-bond acceptors (Lipinski definition) is 5. The summed E-state index contributed by atoms with van der Waals surface area (Å²) < 4.78 is 4.40. The number of nitrogens with one attached hydrogen (secondary N) is 2. The van der Waals surface area contributed by atoms with Gasteiger partial charge in [0.05, 0.1) is 0 Å². The third kappa shape index (κ3) is 1.23. The smallest absolute Gasteiger partial charge is 0.388 e. The zero-order valence-electron chi connectivity index (χ0n) is 5.29. The van der Waals surface area contributed by atoms with E-state index in [4.69, 9.17) is 5.11 Å². The molecule has 0 fully saturated rings. The van der Waals surface area contributed by atoms with Crippen LogP contribution < -0.4 is 11.1 Å². The Bertz CT molecular complexity index is 252. The van der Waals surface area contributed by atoms with Crippen molar-refractivity contribution in [3.63, 3.8) is 0 Å². The van der Waals surface area contributed by atoms with Gasteiger partial charge in [-0.05, 0) is 7.05 Å². The van der Waals surface area contributed by atoms with Gasteiger partial charge in [0.1, 0.15) is 0 Å². The fourth-order valence-electron chi connectivity index (χ4n) is 0.482. The van der Waals surface area contributed by atoms with E-state index in [1.807, 2.05) is 5.10 Å². The minimum atomic E-state index is -1.03. The van der Waals surface area contributed by atoms with Crippen LogP contribution in [0.3, 0.4) is 0 Å². The Hall–Kier alpha value is -1.14. The van der Waals surface area contributed by atoms with Gasteiger partial charge in [-0.2, -0.15) is 0 Å². The van der Waals surface area contributed by atoms with E-state index in [2.05, 4.69) is 14.8 Å². The second-order valence-corrected chi connectivity index (χ2v) is 1.64. The van der Waals surface area contributed by atoms with Crippen molar-refractivity contribution >= 4 is 0 Å². The van der Waals surface area contributed by atoms with Crippen LogP contribution in [-0.4, -0.2) is 22.4 Å². The summed E-state index contributed by atoms with van der Waals surface area (Å²) >= 11 is 0. The number of aromatic amines is 1. The van der Waals surface area contributed by atoms with Crippen molar-refractivity contribution in [2.24, 2.45) is 0 Å². The second kappa shape index (κ2) is 2.63. The topological polar surface area (TPSA) is 91.1 Å². The molecule has 6 heteroatoms. The summed E-state index contributed by atoms with van der Waals surface area (Å²) in [5.41, 5.74) is 0. The molecule has 0 aliphatic heterocycles. The van der Waals surface area contributed by atoms with Gasteiger partial charge in [0.25, 0.3) is 5.89 Å². The molecule has 3 N–H and O–H groups in total. The number of nitrogens with zero attached hydrogens (tertiary/aromatic N) is 1. The Morgan fingerprint density at radius 2 is 2.60 bits per heavy atom. The van der Waals surface area contributed by atoms with E-state index in [9.17, 15) is 4.79 Å². The van der Waals surface area contributed by atoms with Crippen LogP contribution in [0.25, 0.3) is 0 Å². The van der Waals surface area contributed by atoms with E-state index in [-0.39, 0.29) is 5.89 Å². The highest BCUT2D eigenvalue weighted by molar-refractivity contribution is 4.76. The first-order chi connectivity index (χ1) is 4.74. The third-order valence-electron chi connectivity index (χ3n) is 0.962. The molecular formula is C4H7N3O3. The van der Waals surface area contributed by atoms with Gasteiger partial charge in [-0.25, -0.2) is 9.89 Å². The molecule has 56 valence electrons. The van der Waals surface area contributed by atoms with Gasteiger partial charge in [0, 0.05) is 0 Å². The van der Waals surface area contributed by atoms with Gasteiger partial charge >= 0.3 is 5.76 Å².